The number of piperidine rings is 1. The van der Waals surface area contributed by atoms with Crippen molar-refractivity contribution in [3.05, 3.63) is 28.3 Å². The maximum absolute atomic E-state index is 12.5. The van der Waals surface area contributed by atoms with Crippen molar-refractivity contribution in [2.45, 2.75) is 57.4 Å². The zero-order chi connectivity index (χ0) is 17.0. The summed E-state index contributed by atoms with van der Waals surface area (Å²) in [6.07, 6.45) is 4.63. The predicted octanol–water partition coefficient (Wildman–Crippen LogP) is 3.50. The van der Waals surface area contributed by atoms with Gasteiger partial charge in [-0.25, -0.2) is 13.1 Å². The third-order valence-corrected chi connectivity index (χ3v) is 6.61. The molecule has 0 spiro atoms. The van der Waals surface area contributed by atoms with Gasteiger partial charge in [-0.05, 0) is 76.4 Å². The van der Waals surface area contributed by atoms with Gasteiger partial charge in [-0.2, -0.15) is 0 Å². The lowest BCUT2D eigenvalue weighted by Crippen LogP contribution is -2.39. The number of rotatable bonds is 6. The first-order valence-corrected chi connectivity index (χ1v) is 10.2. The minimum absolute atomic E-state index is 0.325. The molecule has 1 aromatic rings. The van der Waals surface area contributed by atoms with E-state index in [4.69, 9.17) is 11.6 Å². The van der Waals surface area contributed by atoms with E-state index in [0.29, 0.717) is 28.1 Å². The molecule has 1 heterocycles. The summed E-state index contributed by atoms with van der Waals surface area (Å²) in [6.45, 7) is 8.38. The normalized spacial score (nSPS) is 19.9. The Balaban J connectivity index is 1.90. The summed E-state index contributed by atoms with van der Waals surface area (Å²) in [5.74, 6) is 0. The van der Waals surface area contributed by atoms with Crippen LogP contribution in [0.2, 0.25) is 5.02 Å². The molecule has 1 unspecified atom stereocenters. The Morgan fingerprint density at radius 1 is 1.26 bits per heavy atom. The van der Waals surface area contributed by atoms with Crippen molar-refractivity contribution >= 4 is 21.6 Å². The molecule has 0 radical (unpaired) electrons. The van der Waals surface area contributed by atoms with Gasteiger partial charge >= 0.3 is 0 Å². The van der Waals surface area contributed by atoms with Gasteiger partial charge in [0, 0.05) is 17.6 Å². The van der Waals surface area contributed by atoms with Crippen molar-refractivity contribution in [3.63, 3.8) is 0 Å². The van der Waals surface area contributed by atoms with Crippen molar-refractivity contribution in [2.75, 3.05) is 19.6 Å². The first kappa shape index (κ1) is 18.7. The van der Waals surface area contributed by atoms with Crippen molar-refractivity contribution in [1.82, 2.24) is 9.62 Å². The fourth-order valence-corrected chi connectivity index (χ4v) is 4.70. The van der Waals surface area contributed by atoms with Gasteiger partial charge in [0.15, 0.2) is 0 Å². The highest BCUT2D eigenvalue weighted by Crippen LogP contribution is 2.23. The van der Waals surface area contributed by atoms with Crippen LogP contribution in [0.3, 0.4) is 0 Å². The first-order chi connectivity index (χ1) is 10.8. The number of aryl methyl sites for hydroxylation is 2. The minimum atomic E-state index is -3.47. The van der Waals surface area contributed by atoms with Crippen LogP contribution in [0.4, 0.5) is 0 Å². The number of sulfonamides is 1. The number of benzene rings is 1. The van der Waals surface area contributed by atoms with Crippen LogP contribution in [-0.4, -0.2) is 39.0 Å². The largest absolute Gasteiger partial charge is 0.301 e. The smallest absolute Gasteiger partial charge is 0.240 e. The highest BCUT2D eigenvalue weighted by atomic mass is 35.5. The van der Waals surface area contributed by atoms with Gasteiger partial charge in [0.2, 0.25) is 10.0 Å². The molecule has 1 atom stereocenters. The van der Waals surface area contributed by atoms with Gasteiger partial charge in [-0.3, -0.25) is 0 Å². The molecule has 0 amide bonds. The average Bonchev–Trinajstić information content (AvgIpc) is 2.49. The van der Waals surface area contributed by atoms with E-state index >= 15 is 0 Å². The summed E-state index contributed by atoms with van der Waals surface area (Å²) in [4.78, 5) is 2.78. The Bertz CT molecular complexity index is 646. The monoisotopic (exact) mass is 358 g/mol. The van der Waals surface area contributed by atoms with E-state index in [2.05, 4.69) is 16.5 Å². The molecule has 0 bridgehead atoms. The quantitative estimate of drug-likeness (QED) is 0.792. The standard InChI is InChI=1S/C17H27ClN2O2S/c1-13-12-17(14(2)11-16(13)18)23(21,22)19-8-6-10-20-9-5-4-7-15(20)3/h11-12,15,19H,4-10H2,1-3H3. The predicted molar refractivity (Wildman–Crippen MR) is 95.6 cm³/mol. The lowest BCUT2D eigenvalue weighted by molar-refractivity contribution is 0.159. The van der Waals surface area contributed by atoms with E-state index in [1.54, 1.807) is 19.1 Å². The third kappa shape index (κ3) is 4.92. The van der Waals surface area contributed by atoms with E-state index in [1.807, 2.05) is 6.92 Å². The number of nitrogens with zero attached hydrogens (tertiary/aromatic N) is 1. The average molecular weight is 359 g/mol. The van der Waals surface area contributed by atoms with Crippen molar-refractivity contribution in [3.8, 4) is 0 Å². The summed E-state index contributed by atoms with van der Waals surface area (Å²) >= 11 is 6.04. The molecule has 1 aliphatic rings. The summed E-state index contributed by atoms with van der Waals surface area (Å²) in [6, 6.07) is 3.97. The van der Waals surface area contributed by atoms with E-state index in [9.17, 15) is 8.42 Å². The maximum atomic E-state index is 12.5. The van der Waals surface area contributed by atoms with Gasteiger partial charge in [0.05, 0.1) is 4.90 Å². The summed E-state index contributed by atoms with van der Waals surface area (Å²) in [7, 11) is -3.47. The Labute approximate surface area is 145 Å². The van der Waals surface area contributed by atoms with E-state index < -0.39 is 10.0 Å². The number of hydrogen-bond acceptors (Lipinski definition) is 3. The summed E-state index contributed by atoms with van der Waals surface area (Å²) in [5, 5.41) is 0.598. The van der Waals surface area contributed by atoms with E-state index in [1.165, 1.54) is 19.3 Å². The fraction of sp³-hybridized carbons (Fsp3) is 0.647. The van der Waals surface area contributed by atoms with Crippen LogP contribution in [0.15, 0.2) is 17.0 Å². The Morgan fingerprint density at radius 2 is 2.00 bits per heavy atom. The SMILES string of the molecule is Cc1cc(S(=O)(=O)NCCCN2CCCCC2C)c(C)cc1Cl. The highest BCUT2D eigenvalue weighted by molar-refractivity contribution is 7.89. The molecule has 1 saturated heterocycles. The Kier molecular flexibility index (Phi) is 6.48. The van der Waals surface area contributed by atoms with Gasteiger partial charge in [-0.1, -0.05) is 18.0 Å². The number of hydrogen-bond donors (Lipinski definition) is 1. The molecule has 2 rings (SSSR count). The molecule has 1 fully saturated rings. The van der Waals surface area contributed by atoms with Crippen LogP contribution in [0.25, 0.3) is 0 Å². The summed E-state index contributed by atoms with van der Waals surface area (Å²) < 4.78 is 27.6. The fourth-order valence-electron chi connectivity index (χ4n) is 3.10. The molecule has 4 nitrogen and oxygen atoms in total. The zero-order valence-corrected chi connectivity index (χ0v) is 15.8. The van der Waals surface area contributed by atoms with Crippen molar-refractivity contribution in [2.24, 2.45) is 0 Å². The molecule has 1 aromatic carbocycles. The molecular weight excluding hydrogens is 332 g/mol. The molecule has 1 aliphatic heterocycles. The van der Waals surface area contributed by atoms with Crippen LogP contribution in [-0.2, 0) is 10.0 Å². The highest BCUT2D eigenvalue weighted by Gasteiger charge is 2.19. The lowest BCUT2D eigenvalue weighted by atomic mass is 10.0. The second-order valence-corrected chi connectivity index (χ2v) is 8.64. The maximum Gasteiger partial charge on any atom is 0.240 e. The van der Waals surface area contributed by atoms with E-state index in [0.717, 1.165) is 25.1 Å². The molecule has 1 N–H and O–H groups in total. The molecule has 0 aliphatic carbocycles. The second kappa shape index (κ2) is 7.97. The lowest BCUT2D eigenvalue weighted by Gasteiger charge is -2.33. The molecule has 0 saturated carbocycles. The molecule has 23 heavy (non-hydrogen) atoms. The van der Waals surface area contributed by atoms with Crippen molar-refractivity contribution < 1.29 is 8.42 Å². The van der Waals surface area contributed by atoms with Crippen LogP contribution < -0.4 is 4.72 Å². The minimum Gasteiger partial charge on any atom is -0.301 e. The second-order valence-electron chi connectivity index (χ2n) is 6.50. The number of likely N-dealkylation sites (tertiary alicyclic amines) is 1. The van der Waals surface area contributed by atoms with Gasteiger partial charge in [-0.15, -0.1) is 0 Å². The first-order valence-electron chi connectivity index (χ1n) is 8.32. The molecular formula is C17H27ClN2O2S. The van der Waals surface area contributed by atoms with Crippen LogP contribution in [0.1, 0.15) is 43.7 Å². The van der Waals surface area contributed by atoms with Crippen LogP contribution >= 0.6 is 11.6 Å². The third-order valence-electron chi connectivity index (χ3n) is 4.60. The molecule has 130 valence electrons. The summed E-state index contributed by atoms with van der Waals surface area (Å²) in [5.41, 5.74) is 1.46. The van der Waals surface area contributed by atoms with Gasteiger partial charge in [0.1, 0.15) is 0 Å². The van der Waals surface area contributed by atoms with Gasteiger partial charge < -0.3 is 4.90 Å². The number of halogens is 1. The van der Waals surface area contributed by atoms with Crippen LogP contribution in [0, 0.1) is 13.8 Å². The molecule has 6 heteroatoms. The zero-order valence-electron chi connectivity index (χ0n) is 14.2. The van der Waals surface area contributed by atoms with Gasteiger partial charge in [0.25, 0.3) is 0 Å². The Hall–Kier alpha value is -0.620. The van der Waals surface area contributed by atoms with Crippen molar-refractivity contribution in [1.29, 1.82) is 0 Å². The van der Waals surface area contributed by atoms with Crippen LogP contribution in [0.5, 0.6) is 0 Å². The topological polar surface area (TPSA) is 49.4 Å². The van der Waals surface area contributed by atoms with E-state index in [-0.39, 0.29) is 0 Å². The Morgan fingerprint density at radius 3 is 2.70 bits per heavy atom. The number of nitrogens with one attached hydrogen (secondary N) is 1. The molecule has 0 aromatic heterocycles.